The molecule has 2 N–H and O–H groups in total. The van der Waals surface area contributed by atoms with Gasteiger partial charge in [-0.15, -0.1) is 0 Å². The third-order valence-electron chi connectivity index (χ3n) is 3.50. The van der Waals surface area contributed by atoms with Crippen LogP contribution in [-0.2, 0) is 7.05 Å². The summed E-state index contributed by atoms with van der Waals surface area (Å²) >= 11 is 0. The van der Waals surface area contributed by atoms with Gasteiger partial charge < -0.3 is 15.1 Å². The lowest BCUT2D eigenvalue weighted by atomic mass is 10.1. The van der Waals surface area contributed by atoms with Gasteiger partial charge in [0.15, 0.2) is 5.65 Å². The van der Waals surface area contributed by atoms with Crippen molar-refractivity contribution in [2.24, 2.45) is 7.05 Å². The van der Waals surface area contributed by atoms with Gasteiger partial charge in [-0.05, 0) is 19.3 Å². The standard InChI is InChI=1S/C14H20N4O3/c1-17(6-4-3-5-7-19)12-10-9-16-18(2)13(10)15-8-11(12)14(20)21/h8-9,19H,3-7H2,1-2H3,(H,20,21). The highest BCUT2D eigenvalue weighted by Gasteiger charge is 2.19. The zero-order chi connectivity index (χ0) is 15.4. The number of aromatic carboxylic acids is 1. The molecule has 2 heterocycles. The molecule has 0 aliphatic heterocycles. The van der Waals surface area contributed by atoms with Gasteiger partial charge in [-0.1, -0.05) is 0 Å². The topological polar surface area (TPSA) is 91.5 Å². The third-order valence-corrected chi connectivity index (χ3v) is 3.50. The summed E-state index contributed by atoms with van der Waals surface area (Å²) in [7, 11) is 3.65. The van der Waals surface area contributed by atoms with Gasteiger partial charge >= 0.3 is 5.97 Å². The number of unbranched alkanes of at least 4 members (excludes halogenated alkanes) is 2. The number of anilines is 1. The number of carboxylic acid groups (broad SMARTS) is 1. The molecule has 0 atom stereocenters. The molecule has 0 saturated heterocycles. The first-order chi connectivity index (χ1) is 10.1. The lowest BCUT2D eigenvalue weighted by Crippen LogP contribution is -2.22. The molecule has 0 radical (unpaired) electrons. The monoisotopic (exact) mass is 292 g/mol. The van der Waals surface area contributed by atoms with Crippen molar-refractivity contribution < 1.29 is 15.0 Å². The van der Waals surface area contributed by atoms with E-state index >= 15 is 0 Å². The zero-order valence-electron chi connectivity index (χ0n) is 12.3. The second kappa shape index (κ2) is 6.53. The molecule has 0 aliphatic carbocycles. The number of pyridine rings is 1. The van der Waals surface area contributed by atoms with E-state index in [0.717, 1.165) is 24.6 Å². The van der Waals surface area contributed by atoms with Crippen molar-refractivity contribution in [1.82, 2.24) is 14.8 Å². The largest absolute Gasteiger partial charge is 0.478 e. The number of carbonyl (C=O) groups is 1. The molecule has 2 aromatic heterocycles. The van der Waals surface area contributed by atoms with Crippen molar-refractivity contribution in [3.63, 3.8) is 0 Å². The number of aromatic nitrogens is 3. The highest BCUT2D eigenvalue weighted by Crippen LogP contribution is 2.28. The predicted octanol–water partition coefficient (Wildman–Crippen LogP) is 1.27. The Labute approximate surface area is 122 Å². The lowest BCUT2D eigenvalue weighted by molar-refractivity contribution is 0.0697. The number of nitrogens with zero attached hydrogens (tertiary/aromatic N) is 4. The second-order valence-corrected chi connectivity index (χ2v) is 5.04. The van der Waals surface area contributed by atoms with Crippen LogP contribution in [0.1, 0.15) is 29.6 Å². The third kappa shape index (κ3) is 3.13. The fourth-order valence-electron chi connectivity index (χ4n) is 2.40. The summed E-state index contributed by atoms with van der Waals surface area (Å²) in [6.45, 7) is 0.903. The van der Waals surface area contributed by atoms with Crippen LogP contribution in [0, 0.1) is 0 Å². The SMILES string of the molecule is CN(CCCCCO)c1c(C(=O)O)cnc2c1cnn2C. The number of aliphatic hydroxyl groups excluding tert-OH is 1. The Morgan fingerprint density at radius 1 is 1.33 bits per heavy atom. The quantitative estimate of drug-likeness (QED) is 0.747. The van der Waals surface area contributed by atoms with Crippen LogP contribution in [0.5, 0.6) is 0 Å². The lowest BCUT2D eigenvalue weighted by Gasteiger charge is -2.21. The van der Waals surface area contributed by atoms with Crippen molar-refractivity contribution in [2.45, 2.75) is 19.3 Å². The maximum Gasteiger partial charge on any atom is 0.339 e. The Bertz CT molecular complexity index is 638. The molecule has 0 aromatic carbocycles. The van der Waals surface area contributed by atoms with Crippen LogP contribution >= 0.6 is 0 Å². The minimum atomic E-state index is -0.995. The maximum absolute atomic E-state index is 11.4. The molecule has 7 heteroatoms. The van der Waals surface area contributed by atoms with Crippen LogP contribution in [0.4, 0.5) is 5.69 Å². The minimum Gasteiger partial charge on any atom is -0.478 e. The Morgan fingerprint density at radius 3 is 2.76 bits per heavy atom. The van der Waals surface area contributed by atoms with Gasteiger partial charge in [0, 0.05) is 33.4 Å². The molecule has 2 aromatic rings. The number of fused-ring (bicyclic) bond motifs is 1. The fourth-order valence-corrected chi connectivity index (χ4v) is 2.40. The van der Waals surface area contributed by atoms with Gasteiger partial charge in [-0.25, -0.2) is 9.78 Å². The van der Waals surface area contributed by atoms with Crippen molar-refractivity contribution >= 4 is 22.7 Å². The molecular formula is C14H20N4O3. The molecule has 0 unspecified atom stereocenters. The zero-order valence-corrected chi connectivity index (χ0v) is 12.3. The van der Waals surface area contributed by atoms with Crippen LogP contribution < -0.4 is 4.90 Å². The summed E-state index contributed by atoms with van der Waals surface area (Å²) in [6, 6.07) is 0. The van der Waals surface area contributed by atoms with Crippen LogP contribution in [0.2, 0.25) is 0 Å². The summed E-state index contributed by atoms with van der Waals surface area (Å²) in [5.74, 6) is -0.995. The predicted molar refractivity (Wildman–Crippen MR) is 79.7 cm³/mol. The maximum atomic E-state index is 11.4. The van der Waals surface area contributed by atoms with Gasteiger partial charge in [0.25, 0.3) is 0 Å². The van der Waals surface area contributed by atoms with E-state index in [4.69, 9.17) is 5.11 Å². The van der Waals surface area contributed by atoms with Gasteiger partial charge in [-0.2, -0.15) is 5.10 Å². The first kappa shape index (κ1) is 15.2. The Hall–Kier alpha value is -2.15. The number of aryl methyl sites for hydroxylation is 1. The molecule has 2 rings (SSSR count). The summed E-state index contributed by atoms with van der Waals surface area (Å²) in [5, 5.41) is 23.1. The first-order valence-corrected chi connectivity index (χ1v) is 6.92. The van der Waals surface area contributed by atoms with E-state index in [9.17, 15) is 9.90 Å². The Kier molecular flexibility index (Phi) is 4.74. The number of hydrogen-bond acceptors (Lipinski definition) is 5. The molecule has 0 fully saturated rings. The molecule has 0 bridgehead atoms. The van der Waals surface area contributed by atoms with Crippen molar-refractivity contribution in [1.29, 1.82) is 0 Å². The van der Waals surface area contributed by atoms with E-state index < -0.39 is 5.97 Å². The van der Waals surface area contributed by atoms with Crippen molar-refractivity contribution in [2.75, 3.05) is 25.1 Å². The molecule has 0 spiro atoms. The number of hydrogen-bond donors (Lipinski definition) is 2. The number of rotatable bonds is 7. The summed E-state index contributed by atoms with van der Waals surface area (Å²) in [6.07, 6.45) is 5.59. The molecule has 0 amide bonds. The van der Waals surface area contributed by atoms with Crippen LogP contribution in [0.25, 0.3) is 11.0 Å². The summed E-state index contributed by atoms with van der Waals surface area (Å²) < 4.78 is 1.63. The highest BCUT2D eigenvalue weighted by atomic mass is 16.4. The Morgan fingerprint density at radius 2 is 2.10 bits per heavy atom. The molecule has 114 valence electrons. The van der Waals surface area contributed by atoms with Crippen LogP contribution in [-0.4, -0.2) is 51.1 Å². The van der Waals surface area contributed by atoms with Crippen molar-refractivity contribution in [3.8, 4) is 0 Å². The number of carboxylic acids is 1. The highest BCUT2D eigenvalue weighted by molar-refractivity contribution is 6.03. The van der Waals surface area contributed by atoms with Gasteiger partial charge in [0.2, 0.25) is 0 Å². The van der Waals surface area contributed by atoms with Gasteiger partial charge in [0.05, 0.1) is 17.3 Å². The van der Waals surface area contributed by atoms with E-state index in [1.807, 2.05) is 11.9 Å². The van der Waals surface area contributed by atoms with Crippen LogP contribution in [0.15, 0.2) is 12.4 Å². The fraction of sp³-hybridized carbons (Fsp3) is 0.500. The van der Waals surface area contributed by atoms with Crippen LogP contribution in [0.3, 0.4) is 0 Å². The summed E-state index contributed by atoms with van der Waals surface area (Å²) in [5.41, 5.74) is 1.49. The second-order valence-electron chi connectivity index (χ2n) is 5.04. The average molecular weight is 292 g/mol. The number of aliphatic hydroxyl groups is 1. The smallest absolute Gasteiger partial charge is 0.339 e. The molecule has 0 saturated carbocycles. The summed E-state index contributed by atoms with van der Waals surface area (Å²) in [4.78, 5) is 17.5. The molecule has 7 nitrogen and oxygen atoms in total. The molecular weight excluding hydrogens is 272 g/mol. The molecule has 0 aliphatic rings. The van der Waals surface area contributed by atoms with Crippen molar-refractivity contribution in [3.05, 3.63) is 18.0 Å². The van der Waals surface area contributed by atoms with E-state index in [2.05, 4.69) is 10.1 Å². The Balaban J connectivity index is 2.34. The molecule has 21 heavy (non-hydrogen) atoms. The average Bonchev–Trinajstić information content (AvgIpc) is 2.84. The van der Waals surface area contributed by atoms with E-state index in [-0.39, 0.29) is 12.2 Å². The van der Waals surface area contributed by atoms with Gasteiger partial charge in [-0.3, -0.25) is 4.68 Å². The first-order valence-electron chi connectivity index (χ1n) is 6.92. The normalized spacial score (nSPS) is 11.0. The minimum absolute atomic E-state index is 0.181. The van der Waals surface area contributed by atoms with E-state index in [1.165, 1.54) is 6.20 Å². The van der Waals surface area contributed by atoms with E-state index in [0.29, 0.717) is 17.9 Å². The van der Waals surface area contributed by atoms with Gasteiger partial charge in [0.1, 0.15) is 5.56 Å². The van der Waals surface area contributed by atoms with E-state index in [1.54, 1.807) is 17.9 Å².